The Kier molecular flexibility index (Phi) is 4.59. The van der Waals surface area contributed by atoms with Crippen LogP contribution in [0, 0.1) is 0 Å². The number of hydrazine groups is 1. The molecule has 8 heteroatoms. The number of hydrogen-bond donors (Lipinski definition) is 2. The number of nitrogens with one attached hydrogen (secondary N) is 1. The molecule has 0 bridgehead atoms. The van der Waals surface area contributed by atoms with Gasteiger partial charge >= 0.3 is 6.18 Å². The Bertz CT molecular complexity index is 593. The zero-order valence-electron chi connectivity index (χ0n) is 11.4. The Labute approximate surface area is 119 Å². The highest BCUT2D eigenvalue weighted by atomic mass is 19.4. The first-order chi connectivity index (χ1) is 9.88. The molecule has 1 aromatic carbocycles. The Morgan fingerprint density at radius 2 is 2.10 bits per heavy atom. The molecule has 5 nitrogen and oxygen atoms in total. The molecule has 0 aliphatic rings. The summed E-state index contributed by atoms with van der Waals surface area (Å²) in [4.78, 5) is 0. The molecular formula is C13H16F3N5. The highest BCUT2D eigenvalue weighted by Gasteiger charge is 2.30. The maximum absolute atomic E-state index is 12.7. The second kappa shape index (κ2) is 6.23. The lowest BCUT2D eigenvalue weighted by Crippen LogP contribution is -2.38. The van der Waals surface area contributed by atoms with E-state index < -0.39 is 11.7 Å². The monoisotopic (exact) mass is 299 g/mol. The Balaban J connectivity index is 2.08. The van der Waals surface area contributed by atoms with E-state index in [4.69, 9.17) is 5.84 Å². The molecule has 0 radical (unpaired) electrons. The lowest BCUT2D eigenvalue weighted by molar-refractivity contribution is -0.137. The molecule has 21 heavy (non-hydrogen) atoms. The highest BCUT2D eigenvalue weighted by molar-refractivity contribution is 5.26. The molecule has 0 saturated carbocycles. The van der Waals surface area contributed by atoms with Gasteiger partial charge < -0.3 is 0 Å². The second-order valence-electron chi connectivity index (χ2n) is 4.85. The first-order valence-electron chi connectivity index (χ1n) is 6.36. The van der Waals surface area contributed by atoms with Crippen molar-refractivity contribution in [3.05, 3.63) is 47.3 Å². The fourth-order valence-electron chi connectivity index (χ4n) is 2.09. The molecule has 1 atom stereocenters. The van der Waals surface area contributed by atoms with E-state index in [9.17, 15) is 13.2 Å². The smallest absolute Gasteiger partial charge is 0.271 e. The summed E-state index contributed by atoms with van der Waals surface area (Å²) in [6, 6.07) is 5.02. The van der Waals surface area contributed by atoms with Crippen LogP contribution in [0.15, 0.2) is 30.5 Å². The molecule has 3 N–H and O–H groups in total. The molecular weight excluding hydrogens is 283 g/mol. The number of alkyl halides is 3. The van der Waals surface area contributed by atoms with Crippen LogP contribution in [0.5, 0.6) is 0 Å². The molecule has 2 rings (SSSR count). The van der Waals surface area contributed by atoms with Crippen LogP contribution in [0.2, 0.25) is 0 Å². The normalized spacial score (nSPS) is 13.4. The highest BCUT2D eigenvalue weighted by Crippen LogP contribution is 2.29. The lowest BCUT2D eigenvalue weighted by atomic mass is 10.0. The van der Waals surface area contributed by atoms with E-state index >= 15 is 0 Å². The molecule has 0 fully saturated rings. The van der Waals surface area contributed by atoms with E-state index in [2.05, 4.69) is 15.7 Å². The number of rotatable bonds is 5. The van der Waals surface area contributed by atoms with Crippen molar-refractivity contribution in [3.8, 4) is 0 Å². The SMILES string of the molecule is Cn1cc(CC(Cc2cccc(C(F)(F)F)c2)NN)nn1. The van der Waals surface area contributed by atoms with Crippen LogP contribution in [0.4, 0.5) is 13.2 Å². The van der Waals surface area contributed by atoms with Gasteiger partial charge in [-0.2, -0.15) is 13.2 Å². The summed E-state index contributed by atoms with van der Waals surface area (Å²) >= 11 is 0. The molecule has 0 saturated heterocycles. The van der Waals surface area contributed by atoms with Gasteiger partial charge in [0.15, 0.2) is 0 Å². The summed E-state index contributed by atoms with van der Waals surface area (Å²) in [5.41, 5.74) is 3.25. The first kappa shape index (κ1) is 15.5. The molecule has 0 aliphatic heterocycles. The van der Waals surface area contributed by atoms with Gasteiger partial charge in [0.25, 0.3) is 0 Å². The van der Waals surface area contributed by atoms with Crippen molar-refractivity contribution < 1.29 is 13.2 Å². The summed E-state index contributed by atoms with van der Waals surface area (Å²) < 4.78 is 39.6. The zero-order valence-corrected chi connectivity index (χ0v) is 11.4. The Hall–Kier alpha value is -1.93. The van der Waals surface area contributed by atoms with Crippen molar-refractivity contribution in [2.75, 3.05) is 0 Å². The third-order valence-electron chi connectivity index (χ3n) is 3.08. The van der Waals surface area contributed by atoms with Gasteiger partial charge in [-0.15, -0.1) is 5.10 Å². The van der Waals surface area contributed by atoms with Crippen LogP contribution in [0.3, 0.4) is 0 Å². The van der Waals surface area contributed by atoms with E-state index in [1.54, 1.807) is 24.0 Å². The van der Waals surface area contributed by atoms with Crippen LogP contribution >= 0.6 is 0 Å². The van der Waals surface area contributed by atoms with Crippen molar-refractivity contribution in [1.82, 2.24) is 20.4 Å². The Morgan fingerprint density at radius 1 is 1.33 bits per heavy atom. The zero-order chi connectivity index (χ0) is 15.5. The molecule has 0 amide bonds. The summed E-state index contributed by atoms with van der Waals surface area (Å²) in [6.07, 6.45) is -1.74. The van der Waals surface area contributed by atoms with Crippen molar-refractivity contribution in [1.29, 1.82) is 0 Å². The standard InChI is InChI=1S/C13H16F3N5/c1-21-8-12(19-20-21)7-11(18-17)6-9-3-2-4-10(5-9)13(14,15)16/h2-5,8,11,18H,6-7,17H2,1H3. The van der Waals surface area contributed by atoms with Crippen molar-refractivity contribution in [2.45, 2.75) is 25.1 Å². The number of nitrogens with zero attached hydrogens (tertiary/aromatic N) is 3. The maximum Gasteiger partial charge on any atom is 0.416 e. The number of halogens is 3. The number of hydrogen-bond acceptors (Lipinski definition) is 4. The van der Waals surface area contributed by atoms with Gasteiger partial charge in [-0.3, -0.25) is 16.0 Å². The fraction of sp³-hybridized carbons (Fsp3) is 0.385. The van der Waals surface area contributed by atoms with E-state index in [0.29, 0.717) is 18.4 Å². The van der Waals surface area contributed by atoms with Gasteiger partial charge in [-0.25, -0.2) is 0 Å². The molecule has 0 spiro atoms. The fourth-order valence-corrected chi connectivity index (χ4v) is 2.09. The molecule has 114 valence electrons. The van der Waals surface area contributed by atoms with Crippen LogP contribution in [-0.4, -0.2) is 21.0 Å². The van der Waals surface area contributed by atoms with Crippen LogP contribution in [-0.2, 0) is 26.1 Å². The van der Waals surface area contributed by atoms with Gasteiger partial charge in [0.05, 0.1) is 11.3 Å². The minimum Gasteiger partial charge on any atom is -0.271 e. The summed E-state index contributed by atoms with van der Waals surface area (Å²) in [7, 11) is 1.74. The van der Waals surface area contributed by atoms with Crippen molar-refractivity contribution >= 4 is 0 Å². The van der Waals surface area contributed by atoms with Gasteiger partial charge in [0.2, 0.25) is 0 Å². The topological polar surface area (TPSA) is 68.8 Å². The third-order valence-corrected chi connectivity index (χ3v) is 3.08. The van der Waals surface area contributed by atoms with E-state index in [1.165, 1.54) is 6.07 Å². The summed E-state index contributed by atoms with van der Waals surface area (Å²) in [5.74, 6) is 5.47. The first-order valence-corrected chi connectivity index (χ1v) is 6.36. The van der Waals surface area contributed by atoms with Crippen LogP contribution in [0.1, 0.15) is 16.8 Å². The number of benzene rings is 1. The second-order valence-corrected chi connectivity index (χ2v) is 4.85. The molecule has 0 aliphatic carbocycles. The molecule has 1 unspecified atom stereocenters. The Morgan fingerprint density at radius 3 is 2.67 bits per heavy atom. The van der Waals surface area contributed by atoms with Gasteiger partial charge in [0.1, 0.15) is 0 Å². The lowest BCUT2D eigenvalue weighted by Gasteiger charge is -2.15. The number of aryl methyl sites for hydroxylation is 1. The van der Waals surface area contributed by atoms with Gasteiger partial charge in [-0.1, -0.05) is 23.4 Å². The van der Waals surface area contributed by atoms with Gasteiger partial charge in [-0.05, 0) is 18.1 Å². The predicted octanol–water partition coefficient (Wildman–Crippen LogP) is 1.45. The summed E-state index contributed by atoms with van der Waals surface area (Å²) in [6.45, 7) is 0. The van der Waals surface area contributed by atoms with Crippen LogP contribution in [0.25, 0.3) is 0 Å². The van der Waals surface area contributed by atoms with Crippen molar-refractivity contribution in [2.24, 2.45) is 12.9 Å². The van der Waals surface area contributed by atoms with E-state index in [1.807, 2.05) is 0 Å². The molecule has 2 aromatic rings. The largest absolute Gasteiger partial charge is 0.416 e. The average molecular weight is 299 g/mol. The van der Waals surface area contributed by atoms with E-state index in [0.717, 1.165) is 17.8 Å². The third kappa shape index (κ3) is 4.27. The van der Waals surface area contributed by atoms with E-state index in [-0.39, 0.29) is 6.04 Å². The minimum absolute atomic E-state index is 0.217. The number of aromatic nitrogens is 3. The number of nitrogens with two attached hydrogens (primary N) is 1. The van der Waals surface area contributed by atoms with Crippen LogP contribution < -0.4 is 11.3 Å². The summed E-state index contributed by atoms with van der Waals surface area (Å²) in [5, 5.41) is 7.75. The van der Waals surface area contributed by atoms with Crippen molar-refractivity contribution in [3.63, 3.8) is 0 Å². The van der Waals surface area contributed by atoms with Gasteiger partial charge in [0, 0.05) is 25.7 Å². The minimum atomic E-state index is -4.34. The molecule has 1 heterocycles. The maximum atomic E-state index is 12.7. The molecule has 1 aromatic heterocycles. The quantitative estimate of drug-likeness (QED) is 0.648. The average Bonchev–Trinajstić information content (AvgIpc) is 2.83. The predicted molar refractivity (Wildman–Crippen MR) is 71.0 cm³/mol.